The van der Waals surface area contributed by atoms with Crippen molar-refractivity contribution in [3.05, 3.63) is 28.5 Å². The first-order valence-corrected chi connectivity index (χ1v) is 4.86. The first-order valence-electron chi connectivity index (χ1n) is 4.48. The van der Waals surface area contributed by atoms with Crippen LogP contribution in [-0.2, 0) is 5.41 Å². The molecule has 0 bridgehead atoms. The number of halogens is 2. The number of phenols is 1. The summed E-state index contributed by atoms with van der Waals surface area (Å²) >= 11 is 5.90. The monoisotopic (exact) mass is 215 g/mol. The molecule has 1 aromatic carbocycles. The molecular formula is C10H11ClFNO. The van der Waals surface area contributed by atoms with E-state index in [1.54, 1.807) is 0 Å². The molecule has 0 radical (unpaired) electrons. The summed E-state index contributed by atoms with van der Waals surface area (Å²) in [6.45, 7) is 0.368. The van der Waals surface area contributed by atoms with Crippen LogP contribution in [0, 0.1) is 5.82 Å². The average Bonchev–Trinajstić information content (AvgIpc) is 2.93. The van der Waals surface area contributed by atoms with Crippen molar-refractivity contribution in [1.82, 2.24) is 0 Å². The van der Waals surface area contributed by atoms with Gasteiger partial charge in [0.1, 0.15) is 0 Å². The van der Waals surface area contributed by atoms with E-state index in [2.05, 4.69) is 0 Å². The minimum atomic E-state index is -0.625. The fourth-order valence-electron chi connectivity index (χ4n) is 1.73. The van der Waals surface area contributed by atoms with Crippen LogP contribution >= 0.6 is 11.6 Å². The Morgan fingerprint density at radius 2 is 2.14 bits per heavy atom. The summed E-state index contributed by atoms with van der Waals surface area (Å²) in [4.78, 5) is 0. The molecule has 76 valence electrons. The van der Waals surface area contributed by atoms with E-state index in [9.17, 15) is 9.50 Å². The van der Waals surface area contributed by atoms with Crippen molar-refractivity contribution < 1.29 is 9.50 Å². The molecule has 0 saturated heterocycles. The van der Waals surface area contributed by atoms with E-state index >= 15 is 0 Å². The van der Waals surface area contributed by atoms with Gasteiger partial charge in [-0.25, -0.2) is 4.39 Å². The zero-order chi connectivity index (χ0) is 10.3. The van der Waals surface area contributed by atoms with Crippen LogP contribution in [0.25, 0.3) is 0 Å². The number of phenolic OH excluding ortho intramolecular Hbond substituents is 1. The number of hydrogen-bond donors (Lipinski definition) is 2. The van der Waals surface area contributed by atoms with Crippen LogP contribution in [0.3, 0.4) is 0 Å². The van der Waals surface area contributed by atoms with Gasteiger partial charge in [-0.3, -0.25) is 0 Å². The van der Waals surface area contributed by atoms with Crippen LogP contribution in [0.5, 0.6) is 5.75 Å². The van der Waals surface area contributed by atoms with Gasteiger partial charge in [0.15, 0.2) is 11.6 Å². The van der Waals surface area contributed by atoms with Crippen LogP contribution in [-0.4, -0.2) is 11.7 Å². The Morgan fingerprint density at radius 1 is 1.50 bits per heavy atom. The number of aromatic hydroxyl groups is 1. The maximum Gasteiger partial charge on any atom is 0.170 e. The summed E-state index contributed by atoms with van der Waals surface area (Å²) in [6, 6.07) is 2.76. The lowest BCUT2D eigenvalue weighted by Gasteiger charge is -2.16. The van der Waals surface area contributed by atoms with E-state index < -0.39 is 5.82 Å². The molecule has 1 aliphatic carbocycles. The molecule has 1 aromatic rings. The van der Waals surface area contributed by atoms with Gasteiger partial charge in [-0.1, -0.05) is 11.6 Å². The van der Waals surface area contributed by atoms with Gasteiger partial charge in [-0.05, 0) is 25.0 Å². The molecule has 0 aliphatic heterocycles. The van der Waals surface area contributed by atoms with Crippen molar-refractivity contribution in [3.8, 4) is 5.75 Å². The molecule has 3 N–H and O–H groups in total. The van der Waals surface area contributed by atoms with Crippen LogP contribution < -0.4 is 5.73 Å². The smallest absolute Gasteiger partial charge is 0.170 e. The lowest BCUT2D eigenvalue weighted by atomic mass is 9.95. The van der Waals surface area contributed by atoms with Gasteiger partial charge in [0, 0.05) is 22.5 Å². The number of benzene rings is 1. The highest BCUT2D eigenvalue weighted by molar-refractivity contribution is 6.31. The van der Waals surface area contributed by atoms with Crippen molar-refractivity contribution >= 4 is 11.6 Å². The van der Waals surface area contributed by atoms with Gasteiger partial charge in [0.05, 0.1) is 0 Å². The van der Waals surface area contributed by atoms with Gasteiger partial charge in [0.2, 0.25) is 0 Å². The maximum atomic E-state index is 13.6. The van der Waals surface area contributed by atoms with Crippen LogP contribution in [0.2, 0.25) is 5.02 Å². The van der Waals surface area contributed by atoms with Crippen LogP contribution in [0.15, 0.2) is 12.1 Å². The summed E-state index contributed by atoms with van der Waals surface area (Å²) in [6.07, 6.45) is 1.67. The van der Waals surface area contributed by atoms with E-state index in [0.29, 0.717) is 17.1 Å². The highest BCUT2D eigenvalue weighted by atomic mass is 35.5. The highest BCUT2D eigenvalue weighted by Gasteiger charge is 2.46. The molecule has 1 aliphatic rings. The van der Waals surface area contributed by atoms with Gasteiger partial charge in [-0.2, -0.15) is 0 Å². The fourth-order valence-corrected chi connectivity index (χ4v) is 2.08. The molecule has 2 rings (SSSR count). The molecule has 14 heavy (non-hydrogen) atoms. The molecule has 0 atom stereocenters. The van der Waals surface area contributed by atoms with Crippen LogP contribution in [0.4, 0.5) is 4.39 Å². The molecule has 1 fully saturated rings. The zero-order valence-corrected chi connectivity index (χ0v) is 8.31. The SMILES string of the molecule is NCC1(c2c(Cl)ccc(O)c2F)CC1. The molecule has 0 spiro atoms. The summed E-state index contributed by atoms with van der Waals surface area (Å²) < 4.78 is 13.6. The fraction of sp³-hybridized carbons (Fsp3) is 0.400. The van der Waals surface area contributed by atoms with Crippen molar-refractivity contribution in [2.75, 3.05) is 6.54 Å². The highest BCUT2D eigenvalue weighted by Crippen LogP contribution is 2.51. The van der Waals surface area contributed by atoms with E-state index in [1.807, 2.05) is 0 Å². The van der Waals surface area contributed by atoms with Crippen molar-refractivity contribution in [3.63, 3.8) is 0 Å². The zero-order valence-electron chi connectivity index (χ0n) is 7.56. The van der Waals surface area contributed by atoms with Gasteiger partial charge in [0.25, 0.3) is 0 Å². The summed E-state index contributed by atoms with van der Waals surface area (Å²) in [5, 5.41) is 9.59. The van der Waals surface area contributed by atoms with Crippen molar-refractivity contribution in [2.24, 2.45) is 5.73 Å². The Bertz CT molecular complexity index is 377. The standard InChI is InChI=1S/C10H11ClFNO/c11-6-1-2-7(14)9(12)8(6)10(5-13)3-4-10/h1-2,14H,3-5,13H2. The van der Waals surface area contributed by atoms with E-state index in [-0.39, 0.29) is 11.2 Å². The minimum absolute atomic E-state index is 0.333. The first kappa shape index (κ1) is 9.74. The summed E-state index contributed by atoms with van der Waals surface area (Å²) in [5.74, 6) is -0.982. The van der Waals surface area contributed by atoms with E-state index in [0.717, 1.165) is 12.8 Å². The second-order valence-electron chi connectivity index (χ2n) is 3.74. The second-order valence-corrected chi connectivity index (χ2v) is 4.15. The Morgan fingerprint density at radius 3 is 2.64 bits per heavy atom. The molecule has 0 aromatic heterocycles. The third-order valence-electron chi connectivity index (χ3n) is 2.85. The average molecular weight is 216 g/mol. The molecule has 4 heteroatoms. The molecule has 0 heterocycles. The largest absolute Gasteiger partial charge is 0.505 e. The number of rotatable bonds is 2. The van der Waals surface area contributed by atoms with Crippen LogP contribution in [0.1, 0.15) is 18.4 Å². The Hall–Kier alpha value is -0.800. The number of hydrogen-bond acceptors (Lipinski definition) is 2. The molecule has 2 nitrogen and oxygen atoms in total. The topological polar surface area (TPSA) is 46.2 Å². The normalized spacial score (nSPS) is 18.2. The molecule has 0 unspecified atom stereocenters. The van der Waals surface area contributed by atoms with Crippen molar-refractivity contribution in [1.29, 1.82) is 0 Å². The summed E-state index contributed by atoms with van der Waals surface area (Å²) in [7, 11) is 0. The first-order chi connectivity index (χ1) is 6.60. The van der Waals surface area contributed by atoms with E-state index in [1.165, 1.54) is 12.1 Å². The summed E-state index contributed by atoms with van der Waals surface area (Å²) in [5.41, 5.74) is 5.62. The predicted octanol–water partition coefficient (Wildman–Crippen LogP) is 2.17. The molecular weight excluding hydrogens is 205 g/mol. The Labute approximate surface area is 86.5 Å². The van der Waals surface area contributed by atoms with Crippen molar-refractivity contribution in [2.45, 2.75) is 18.3 Å². The van der Waals surface area contributed by atoms with Gasteiger partial charge in [-0.15, -0.1) is 0 Å². The lowest BCUT2D eigenvalue weighted by molar-refractivity contribution is 0.424. The molecule has 0 amide bonds. The molecule has 1 saturated carbocycles. The third-order valence-corrected chi connectivity index (χ3v) is 3.16. The van der Waals surface area contributed by atoms with Gasteiger partial charge >= 0.3 is 0 Å². The Balaban J connectivity index is 2.57. The quantitative estimate of drug-likeness (QED) is 0.794. The maximum absolute atomic E-state index is 13.6. The Kier molecular flexibility index (Phi) is 2.16. The second kappa shape index (κ2) is 3.11. The predicted molar refractivity (Wildman–Crippen MR) is 53.0 cm³/mol. The van der Waals surface area contributed by atoms with E-state index in [4.69, 9.17) is 17.3 Å². The third kappa shape index (κ3) is 1.28. The van der Waals surface area contributed by atoms with Gasteiger partial charge < -0.3 is 10.8 Å². The minimum Gasteiger partial charge on any atom is -0.505 e. The lowest BCUT2D eigenvalue weighted by Crippen LogP contribution is -2.21. The number of nitrogens with two attached hydrogens (primary N) is 1.